The molecule has 0 amide bonds. The Morgan fingerprint density at radius 2 is 1.57 bits per heavy atom. The molecule has 0 spiro atoms. The molecule has 1 heterocycles. The van der Waals surface area contributed by atoms with Crippen LogP contribution in [0.25, 0.3) is 23.1 Å². The summed E-state index contributed by atoms with van der Waals surface area (Å²) in [5.41, 5.74) is 6.93. The standard InChI is InChI=1S/C37H41NO6/c1-25-19-26(2)36(27(3)20-25)44-18-5-4-17-43-31-13-10-28(11-14-31)9-12-29-7-6-8-32-35(29)30(21-33(39)40)23-38(32)24-37(15-16-37)22-34(41)42/h6-14,19-20,23H,4-5,15-18,21-22,24H2,1-3H3,(H,39,40)(H,41,42)/b12-9+. The lowest BCUT2D eigenvalue weighted by Gasteiger charge is -2.14. The van der Waals surface area contributed by atoms with E-state index < -0.39 is 11.9 Å². The Morgan fingerprint density at radius 1 is 0.886 bits per heavy atom. The largest absolute Gasteiger partial charge is 0.494 e. The van der Waals surface area contributed by atoms with Crippen molar-refractivity contribution in [2.75, 3.05) is 13.2 Å². The Morgan fingerprint density at radius 3 is 2.20 bits per heavy atom. The fourth-order valence-corrected chi connectivity index (χ4v) is 6.11. The first-order valence-corrected chi connectivity index (χ1v) is 15.3. The number of benzene rings is 3. The van der Waals surface area contributed by atoms with E-state index in [4.69, 9.17) is 9.47 Å². The molecule has 2 N–H and O–H groups in total. The van der Waals surface area contributed by atoms with Crippen molar-refractivity contribution in [3.05, 3.63) is 94.2 Å². The minimum atomic E-state index is -0.894. The van der Waals surface area contributed by atoms with Crippen LogP contribution in [0.4, 0.5) is 0 Å². The summed E-state index contributed by atoms with van der Waals surface area (Å²) in [6.07, 6.45) is 9.49. The van der Waals surface area contributed by atoms with Crippen LogP contribution in [-0.4, -0.2) is 39.9 Å². The van der Waals surface area contributed by atoms with Crippen LogP contribution in [0, 0.1) is 26.2 Å². The van der Waals surface area contributed by atoms with Crippen LogP contribution in [0.5, 0.6) is 11.5 Å². The van der Waals surface area contributed by atoms with E-state index in [2.05, 4.69) is 32.9 Å². The number of fused-ring (bicyclic) bond motifs is 1. The summed E-state index contributed by atoms with van der Waals surface area (Å²) in [6, 6.07) is 18.2. The van der Waals surface area contributed by atoms with Crippen molar-refractivity contribution < 1.29 is 29.3 Å². The lowest BCUT2D eigenvalue weighted by Crippen LogP contribution is -2.15. The first-order valence-electron chi connectivity index (χ1n) is 15.3. The highest BCUT2D eigenvalue weighted by molar-refractivity contribution is 5.96. The van der Waals surface area contributed by atoms with Gasteiger partial charge in [-0.05, 0) is 97.9 Å². The monoisotopic (exact) mass is 595 g/mol. The van der Waals surface area contributed by atoms with Crippen molar-refractivity contribution in [1.82, 2.24) is 4.57 Å². The molecule has 1 saturated carbocycles. The maximum Gasteiger partial charge on any atom is 0.307 e. The van der Waals surface area contributed by atoms with Crippen LogP contribution in [0.15, 0.2) is 60.8 Å². The molecule has 1 aromatic heterocycles. The van der Waals surface area contributed by atoms with E-state index in [1.54, 1.807) is 0 Å². The van der Waals surface area contributed by atoms with E-state index in [0.29, 0.717) is 19.8 Å². The summed E-state index contributed by atoms with van der Waals surface area (Å²) >= 11 is 0. The quantitative estimate of drug-likeness (QED) is 0.107. The summed E-state index contributed by atoms with van der Waals surface area (Å²) in [5, 5.41) is 19.8. The number of nitrogens with zero attached hydrogens (tertiary/aromatic N) is 1. The van der Waals surface area contributed by atoms with E-state index in [1.807, 2.05) is 65.4 Å². The van der Waals surface area contributed by atoms with Crippen LogP contribution >= 0.6 is 0 Å². The maximum atomic E-state index is 11.7. The normalized spacial score (nSPS) is 13.8. The average molecular weight is 596 g/mol. The number of hydrogen-bond donors (Lipinski definition) is 2. The Labute approximate surface area is 258 Å². The summed E-state index contributed by atoms with van der Waals surface area (Å²) in [6.45, 7) is 8.11. The van der Waals surface area contributed by atoms with Crippen LogP contribution in [-0.2, 0) is 22.6 Å². The topological polar surface area (TPSA) is 98.0 Å². The average Bonchev–Trinajstić information content (AvgIpc) is 3.63. The Balaban J connectivity index is 1.19. The minimum Gasteiger partial charge on any atom is -0.494 e. The van der Waals surface area contributed by atoms with Crippen molar-refractivity contribution >= 4 is 35.0 Å². The minimum absolute atomic E-state index is 0.0936. The van der Waals surface area contributed by atoms with Gasteiger partial charge >= 0.3 is 11.9 Å². The number of aliphatic carboxylic acids is 2. The van der Waals surface area contributed by atoms with Crippen molar-refractivity contribution in [3.63, 3.8) is 0 Å². The molecule has 0 saturated heterocycles. The zero-order chi connectivity index (χ0) is 31.3. The number of aromatic nitrogens is 1. The first kappa shape index (κ1) is 30.9. The van der Waals surface area contributed by atoms with E-state index in [0.717, 1.165) is 64.8 Å². The smallest absolute Gasteiger partial charge is 0.307 e. The maximum absolute atomic E-state index is 11.7. The summed E-state index contributed by atoms with van der Waals surface area (Å²) in [7, 11) is 0. The van der Waals surface area contributed by atoms with Gasteiger partial charge in [-0.1, -0.05) is 54.1 Å². The summed E-state index contributed by atoms with van der Waals surface area (Å²) < 4.78 is 14.0. The molecule has 1 aliphatic rings. The fourth-order valence-electron chi connectivity index (χ4n) is 6.11. The second kappa shape index (κ2) is 13.4. The van der Waals surface area contributed by atoms with Gasteiger partial charge in [-0.3, -0.25) is 9.59 Å². The van der Waals surface area contributed by atoms with E-state index in [9.17, 15) is 19.8 Å². The van der Waals surface area contributed by atoms with E-state index >= 15 is 0 Å². The van der Waals surface area contributed by atoms with Gasteiger partial charge in [0.2, 0.25) is 0 Å². The Kier molecular flexibility index (Phi) is 9.43. The first-order chi connectivity index (χ1) is 21.1. The number of hydrogen-bond acceptors (Lipinski definition) is 4. The molecule has 0 unspecified atom stereocenters. The van der Waals surface area contributed by atoms with Gasteiger partial charge in [-0.2, -0.15) is 0 Å². The molecule has 5 rings (SSSR count). The van der Waals surface area contributed by atoms with Gasteiger partial charge < -0.3 is 24.3 Å². The second-order valence-electron chi connectivity index (χ2n) is 12.2. The van der Waals surface area contributed by atoms with Crippen LogP contribution in [0.2, 0.25) is 0 Å². The lowest BCUT2D eigenvalue weighted by atomic mass is 10.0. The number of rotatable bonds is 15. The molecule has 3 aromatic carbocycles. The molecule has 230 valence electrons. The highest BCUT2D eigenvalue weighted by atomic mass is 16.5. The van der Waals surface area contributed by atoms with Gasteiger partial charge in [-0.25, -0.2) is 0 Å². The summed E-state index contributed by atoms with van der Waals surface area (Å²) in [5.74, 6) is 0.105. The van der Waals surface area contributed by atoms with Crippen molar-refractivity contribution in [1.29, 1.82) is 0 Å². The van der Waals surface area contributed by atoms with Gasteiger partial charge in [0.25, 0.3) is 0 Å². The highest BCUT2D eigenvalue weighted by Crippen LogP contribution is 2.51. The van der Waals surface area contributed by atoms with Gasteiger partial charge in [0.15, 0.2) is 0 Å². The predicted molar refractivity (Wildman–Crippen MR) is 173 cm³/mol. The number of aryl methyl sites for hydroxylation is 3. The molecule has 1 aliphatic carbocycles. The molecular formula is C37H41NO6. The Hall–Kier alpha value is -4.52. The van der Waals surface area contributed by atoms with Crippen LogP contribution in [0.1, 0.15) is 65.5 Å². The molecule has 0 aliphatic heterocycles. The molecule has 7 heteroatoms. The van der Waals surface area contributed by atoms with E-state index in [-0.39, 0.29) is 18.3 Å². The van der Waals surface area contributed by atoms with Gasteiger partial charge in [-0.15, -0.1) is 0 Å². The van der Waals surface area contributed by atoms with E-state index in [1.165, 1.54) is 16.7 Å². The number of unbranched alkanes of at least 4 members (excludes halogenated alkanes) is 1. The SMILES string of the molecule is Cc1cc(C)c(OCCCCOc2ccc(/C=C/c3cccc4c3c(CC(=O)O)cn4CC3(CC(=O)O)CC3)cc2)c(C)c1. The molecule has 4 aromatic rings. The van der Waals surface area contributed by atoms with Gasteiger partial charge in [0.1, 0.15) is 11.5 Å². The molecule has 0 bridgehead atoms. The van der Waals surface area contributed by atoms with Gasteiger partial charge in [0, 0.05) is 23.6 Å². The lowest BCUT2D eigenvalue weighted by molar-refractivity contribution is -0.138. The second-order valence-corrected chi connectivity index (χ2v) is 12.2. The molecule has 0 atom stereocenters. The molecular weight excluding hydrogens is 554 g/mol. The molecule has 0 radical (unpaired) electrons. The third-order valence-electron chi connectivity index (χ3n) is 8.34. The number of carboxylic acid groups (broad SMARTS) is 2. The molecule has 44 heavy (non-hydrogen) atoms. The third-order valence-corrected chi connectivity index (χ3v) is 8.34. The molecule has 1 fully saturated rings. The number of carboxylic acids is 2. The predicted octanol–water partition coefficient (Wildman–Crippen LogP) is 7.86. The number of ether oxygens (including phenoxy) is 2. The van der Waals surface area contributed by atoms with Crippen LogP contribution < -0.4 is 9.47 Å². The van der Waals surface area contributed by atoms with Crippen molar-refractivity contribution in [2.45, 2.75) is 65.8 Å². The van der Waals surface area contributed by atoms with Crippen LogP contribution in [0.3, 0.4) is 0 Å². The number of carbonyl (C=O) groups is 2. The summed E-state index contributed by atoms with van der Waals surface area (Å²) in [4.78, 5) is 23.1. The fraction of sp³-hybridized carbons (Fsp3) is 0.351. The zero-order valence-corrected chi connectivity index (χ0v) is 25.8. The van der Waals surface area contributed by atoms with Gasteiger partial charge in [0.05, 0.1) is 26.1 Å². The Bertz CT molecular complexity index is 1650. The third kappa shape index (κ3) is 7.70. The van der Waals surface area contributed by atoms with Crippen molar-refractivity contribution in [2.24, 2.45) is 5.41 Å². The van der Waals surface area contributed by atoms with Crippen molar-refractivity contribution in [3.8, 4) is 11.5 Å². The molecule has 7 nitrogen and oxygen atoms in total. The zero-order valence-electron chi connectivity index (χ0n) is 25.8. The highest BCUT2D eigenvalue weighted by Gasteiger charge is 2.45.